The summed E-state index contributed by atoms with van der Waals surface area (Å²) in [7, 11) is 0. The van der Waals surface area contributed by atoms with Gasteiger partial charge in [0.15, 0.2) is 5.78 Å². The molecule has 0 unspecified atom stereocenters. The number of phenols is 1. The summed E-state index contributed by atoms with van der Waals surface area (Å²) in [6.07, 6.45) is 1.77. The van der Waals surface area contributed by atoms with E-state index in [9.17, 15) is 9.90 Å². The third-order valence-corrected chi connectivity index (χ3v) is 4.97. The van der Waals surface area contributed by atoms with E-state index in [4.69, 9.17) is 0 Å². The van der Waals surface area contributed by atoms with Gasteiger partial charge in [-0.3, -0.25) is 9.79 Å². The quantitative estimate of drug-likeness (QED) is 0.427. The number of hydrogen-bond acceptors (Lipinski definition) is 3. The second-order valence-electron chi connectivity index (χ2n) is 6.58. The molecule has 4 aromatic carbocycles. The van der Waals surface area contributed by atoms with Crippen LogP contribution in [0.2, 0.25) is 0 Å². The van der Waals surface area contributed by atoms with Crippen LogP contribution in [0.15, 0.2) is 83.9 Å². The number of hydrogen-bond donors (Lipinski definition) is 1. The minimum atomic E-state index is 0.0587. The predicted molar refractivity (Wildman–Crippen MR) is 108 cm³/mol. The van der Waals surface area contributed by atoms with Crippen LogP contribution in [0, 0.1) is 0 Å². The fourth-order valence-electron chi connectivity index (χ4n) is 3.68. The van der Waals surface area contributed by atoms with E-state index in [1.54, 1.807) is 18.3 Å². The lowest BCUT2D eigenvalue weighted by atomic mass is 9.82. The lowest BCUT2D eigenvalue weighted by Gasteiger charge is -2.20. The molecule has 0 aromatic heterocycles. The zero-order chi connectivity index (χ0) is 18.4. The summed E-state index contributed by atoms with van der Waals surface area (Å²) in [6, 6.07) is 24.5. The topological polar surface area (TPSA) is 49.7 Å². The van der Waals surface area contributed by atoms with Crippen LogP contribution in [0.4, 0.5) is 5.69 Å². The molecular weight excluding hydrogens is 334 g/mol. The fraction of sp³-hybridized carbons (Fsp3) is 0. The number of aromatic hydroxyl groups is 1. The molecule has 0 saturated carbocycles. The van der Waals surface area contributed by atoms with Gasteiger partial charge < -0.3 is 5.11 Å². The first-order valence-electron chi connectivity index (χ1n) is 8.75. The van der Waals surface area contributed by atoms with Gasteiger partial charge in [0.1, 0.15) is 5.75 Å². The van der Waals surface area contributed by atoms with E-state index in [0.29, 0.717) is 0 Å². The molecule has 0 spiro atoms. The van der Waals surface area contributed by atoms with Crippen molar-refractivity contribution >= 4 is 28.5 Å². The number of carbonyl (C=O) groups excluding carboxylic acids is 1. The van der Waals surface area contributed by atoms with Crippen molar-refractivity contribution in [3.05, 3.63) is 95.6 Å². The summed E-state index contributed by atoms with van der Waals surface area (Å²) in [6.45, 7) is 0. The molecule has 27 heavy (non-hydrogen) atoms. The maximum Gasteiger partial charge on any atom is 0.194 e. The molecule has 1 aliphatic rings. The van der Waals surface area contributed by atoms with Crippen molar-refractivity contribution in [2.24, 2.45) is 4.99 Å². The van der Waals surface area contributed by atoms with E-state index < -0.39 is 0 Å². The highest BCUT2D eigenvalue weighted by atomic mass is 16.3. The molecule has 0 fully saturated rings. The van der Waals surface area contributed by atoms with E-state index in [1.165, 1.54) is 0 Å². The molecule has 3 nitrogen and oxygen atoms in total. The maximum atomic E-state index is 13.0. The number of fused-ring (bicyclic) bond motifs is 2. The molecular formula is C24H15NO2. The summed E-state index contributed by atoms with van der Waals surface area (Å²) in [5, 5.41) is 11.3. The Morgan fingerprint density at radius 1 is 0.704 bits per heavy atom. The van der Waals surface area contributed by atoms with Crippen molar-refractivity contribution in [1.29, 1.82) is 0 Å². The van der Waals surface area contributed by atoms with E-state index in [1.807, 2.05) is 66.7 Å². The fourth-order valence-corrected chi connectivity index (χ4v) is 3.68. The highest BCUT2D eigenvalue weighted by molar-refractivity contribution is 6.27. The molecule has 4 aromatic rings. The van der Waals surface area contributed by atoms with Crippen LogP contribution in [0.1, 0.15) is 21.5 Å². The number of benzene rings is 4. The summed E-state index contributed by atoms with van der Waals surface area (Å²) < 4.78 is 0. The van der Waals surface area contributed by atoms with Crippen molar-refractivity contribution < 1.29 is 9.90 Å². The highest BCUT2D eigenvalue weighted by Crippen LogP contribution is 2.42. The first-order chi connectivity index (χ1) is 13.2. The van der Waals surface area contributed by atoms with Crippen molar-refractivity contribution in [3.8, 4) is 16.9 Å². The number of phenolic OH excluding ortho intramolecular Hbond substituents is 1. The summed E-state index contributed by atoms with van der Waals surface area (Å²) >= 11 is 0. The molecule has 0 amide bonds. The van der Waals surface area contributed by atoms with Gasteiger partial charge >= 0.3 is 0 Å². The van der Waals surface area contributed by atoms with Crippen LogP contribution < -0.4 is 0 Å². The van der Waals surface area contributed by atoms with Crippen LogP contribution in [-0.4, -0.2) is 17.1 Å². The highest BCUT2D eigenvalue weighted by Gasteiger charge is 2.25. The molecule has 0 radical (unpaired) electrons. The maximum absolute atomic E-state index is 13.0. The Balaban J connectivity index is 1.71. The summed E-state index contributed by atoms with van der Waals surface area (Å²) in [5.74, 6) is 0.286. The zero-order valence-electron chi connectivity index (χ0n) is 14.4. The summed E-state index contributed by atoms with van der Waals surface area (Å²) in [5.41, 5.74) is 5.23. The van der Waals surface area contributed by atoms with Crippen molar-refractivity contribution in [3.63, 3.8) is 0 Å². The van der Waals surface area contributed by atoms with Gasteiger partial charge in [-0.25, -0.2) is 0 Å². The van der Waals surface area contributed by atoms with Crippen LogP contribution in [0.5, 0.6) is 5.75 Å². The number of carbonyl (C=O) groups is 1. The first-order valence-corrected chi connectivity index (χ1v) is 8.75. The number of rotatable bonds is 2. The molecule has 128 valence electrons. The smallest absolute Gasteiger partial charge is 0.194 e. The third kappa shape index (κ3) is 2.44. The Morgan fingerprint density at radius 2 is 1.44 bits per heavy atom. The SMILES string of the molecule is O=C1c2ccccc2-c2ccc(N=Cc3ccc(O)cc3)c3cccc1c23. The van der Waals surface area contributed by atoms with Gasteiger partial charge in [-0.05, 0) is 47.0 Å². The molecule has 3 heteroatoms. The molecule has 5 rings (SSSR count). The Kier molecular flexibility index (Phi) is 3.41. The molecule has 0 atom stereocenters. The van der Waals surface area contributed by atoms with E-state index in [2.05, 4.69) is 4.99 Å². The molecule has 0 saturated heterocycles. The molecule has 1 N–H and O–H groups in total. The van der Waals surface area contributed by atoms with E-state index in [0.717, 1.165) is 44.3 Å². The van der Waals surface area contributed by atoms with Crippen LogP contribution in [0.3, 0.4) is 0 Å². The molecule has 1 aliphatic carbocycles. The minimum absolute atomic E-state index is 0.0587. The van der Waals surface area contributed by atoms with Gasteiger partial charge in [0.2, 0.25) is 0 Å². The Hall–Kier alpha value is -3.72. The second kappa shape index (κ2) is 5.92. The molecule has 0 bridgehead atoms. The van der Waals surface area contributed by atoms with E-state index >= 15 is 0 Å². The predicted octanol–water partition coefficient (Wildman–Crippen LogP) is 5.51. The minimum Gasteiger partial charge on any atom is -0.508 e. The Bertz CT molecular complexity index is 1240. The number of nitrogens with zero attached hydrogens (tertiary/aromatic N) is 1. The van der Waals surface area contributed by atoms with Gasteiger partial charge in [0.05, 0.1) is 5.69 Å². The summed E-state index contributed by atoms with van der Waals surface area (Å²) in [4.78, 5) is 17.6. The normalized spacial score (nSPS) is 12.5. The Labute approximate surface area is 156 Å². The monoisotopic (exact) mass is 349 g/mol. The zero-order valence-corrected chi connectivity index (χ0v) is 14.4. The van der Waals surface area contributed by atoms with E-state index in [-0.39, 0.29) is 11.5 Å². The largest absolute Gasteiger partial charge is 0.508 e. The van der Waals surface area contributed by atoms with Crippen LogP contribution in [-0.2, 0) is 0 Å². The third-order valence-electron chi connectivity index (χ3n) is 4.97. The standard InChI is InChI=1S/C24H15NO2/c26-16-10-8-15(9-11-16)14-25-22-13-12-18-17-4-1-2-5-19(17)24(27)21-7-3-6-20(22)23(18)21/h1-14,26H. The van der Waals surface area contributed by atoms with Gasteiger partial charge in [-0.1, -0.05) is 48.5 Å². The van der Waals surface area contributed by atoms with Crippen molar-refractivity contribution in [2.45, 2.75) is 0 Å². The van der Waals surface area contributed by atoms with Gasteiger partial charge in [0, 0.05) is 28.1 Å². The van der Waals surface area contributed by atoms with Crippen molar-refractivity contribution in [2.75, 3.05) is 0 Å². The van der Waals surface area contributed by atoms with Gasteiger partial charge in [-0.2, -0.15) is 0 Å². The average molecular weight is 349 g/mol. The average Bonchev–Trinajstić information content (AvgIpc) is 2.72. The molecule has 0 heterocycles. The van der Waals surface area contributed by atoms with Gasteiger partial charge in [0.25, 0.3) is 0 Å². The lowest BCUT2D eigenvalue weighted by molar-refractivity contribution is 0.104. The number of aliphatic imine (C=N–C) groups is 1. The lowest BCUT2D eigenvalue weighted by Crippen LogP contribution is -2.09. The molecule has 0 aliphatic heterocycles. The number of ketones is 1. The van der Waals surface area contributed by atoms with Crippen molar-refractivity contribution in [1.82, 2.24) is 0 Å². The van der Waals surface area contributed by atoms with Crippen LogP contribution >= 0.6 is 0 Å². The van der Waals surface area contributed by atoms with Gasteiger partial charge in [-0.15, -0.1) is 0 Å². The second-order valence-corrected chi connectivity index (χ2v) is 6.58. The first kappa shape index (κ1) is 15.5. The Morgan fingerprint density at radius 3 is 2.26 bits per heavy atom. The van der Waals surface area contributed by atoms with Crippen LogP contribution in [0.25, 0.3) is 21.9 Å².